The highest BCUT2D eigenvalue weighted by molar-refractivity contribution is 5.20. The van der Waals surface area contributed by atoms with Crippen molar-refractivity contribution in [2.45, 2.75) is 26.4 Å². The minimum Gasteiger partial charge on any atom is -0.297 e. The Hall–Kier alpha value is -1.91. The highest BCUT2D eigenvalue weighted by atomic mass is 19.1. The summed E-state index contributed by atoms with van der Waals surface area (Å²) >= 11 is 0. The van der Waals surface area contributed by atoms with E-state index in [1.165, 1.54) is 33.5 Å². The topological polar surface area (TPSA) is 26.9 Å². The molecule has 0 aliphatic carbocycles. The molecule has 0 atom stereocenters. The first-order valence-electron chi connectivity index (χ1n) is 5.71. The molecule has 2 aromatic rings. The predicted octanol–water partition coefficient (Wildman–Crippen LogP) is 2.56. The van der Waals surface area contributed by atoms with Gasteiger partial charge >= 0.3 is 5.69 Å². The van der Waals surface area contributed by atoms with E-state index in [2.05, 4.69) is 0 Å². The Morgan fingerprint density at radius 2 is 1.78 bits per heavy atom. The third-order valence-corrected chi connectivity index (χ3v) is 2.82. The van der Waals surface area contributed by atoms with Crippen molar-refractivity contribution in [3.63, 3.8) is 0 Å². The first-order valence-corrected chi connectivity index (χ1v) is 5.71. The summed E-state index contributed by atoms with van der Waals surface area (Å²) < 4.78 is 29.7. The highest BCUT2D eigenvalue weighted by Crippen LogP contribution is 2.13. The summed E-state index contributed by atoms with van der Waals surface area (Å²) in [6, 6.07) is 3.69. The van der Waals surface area contributed by atoms with Crippen molar-refractivity contribution in [3.05, 3.63) is 58.3 Å². The van der Waals surface area contributed by atoms with E-state index in [1.54, 1.807) is 6.20 Å². The number of hydrogen-bond donors (Lipinski definition) is 0. The molecular formula is C13H14F2N2O. The molecule has 0 aliphatic rings. The van der Waals surface area contributed by atoms with Gasteiger partial charge in [-0.3, -0.25) is 9.13 Å². The van der Waals surface area contributed by atoms with Gasteiger partial charge in [0.05, 0.1) is 6.54 Å². The van der Waals surface area contributed by atoms with Crippen LogP contribution >= 0.6 is 0 Å². The van der Waals surface area contributed by atoms with Crippen LogP contribution in [-0.2, 0) is 6.54 Å². The fraction of sp³-hybridized carbons (Fsp3) is 0.308. The number of halogens is 2. The Morgan fingerprint density at radius 3 is 2.28 bits per heavy atom. The third kappa shape index (κ3) is 2.20. The quantitative estimate of drug-likeness (QED) is 0.824. The van der Waals surface area contributed by atoms with Crippen LogP contribution < -0.4 is 5.69 Å². The zero-order chi connectivity index (χ0) is 13.3. The van der Waals surface area contributed by atoms with Gasteiger partial charge in [-0.05, 0) is 26.0 Å². The number of nitrogens with zero attached hydrogens (tertiary/aromatic N) is 2. The molecule has 0 N–H and O–H groups in total. The Kier molecular flexibility index (Phi) is 3.32. The highest BCUT2D eigenvalue weighted by Gasteiger charge is 2.12. The first-order chi connectivity index (χ1) is 8.50. The van der Waals surface area contributed by atoms with Gasteiger partial charge in [-0.15, -0.1) is 0 Å². The van der Waals surface area contributed by atoms with E-state index >= 15 is 0 Å². The zero-order valence-electron chi connectivity index (χ0n) is 10.2. The molecule has 0 bridgehead atoms. The van der Waals surface area contributed by atoms with Gasteiger partial charge in [0.2, 0.25) is 0 Å². The number of imidazole rings is 1. The number of rotatable bonds is 3. The van der Waals surface area contributed by atoms with Crippen molar-refractivity contribution in [2.75, 3.05) is 0 Å². The maximum absolute atomic E-state index is 13.5. The van der Waals surface area contributed by atoms with E-state index < -0.39 is 11.6 Å². The summed E-state index contributed by atoms with van der Waals surface area (Å²) in [6.45, 7) is 3.64. The Morgan fingerprint density at radius 1 is 1.17 bits per heavy atom. The molecule has 0 radical (unpaired) electrons. The smallest absolute Gasteiger partial charge is 0.297 e. The summed E-state index contributed by atoms with van der Waals surface area (Å²) in [7, 11) is 0. The molecule has 0 saturated carbocycles. The molecular weight excluding hydrogens is 238 g/mol. The molecule has 0 unspecified atom stereocenters. The second kappa shape index (κ2) is 4.76. The molecule has 0 amide bonds. The molecule has 5 heteroatoms. The van der Waals surface area contributed by atoms with Gasteiger partial charge in [-0.25, -0.2) is 13.6 Å². The molecule has 0 spiro atoms. The van der Waals surface area contributed by atoms with Crippen LogP contribution in [0.1, 0.15) is 25.5 Å². The Labute approximate surface area is 103 Å². The van der Waals surface area contributed by atoms with Crippen molar-refractivity contribution in [2.24, 2.45) is 0 Å². The van der Waals surface area contributed by atoms with Crippen LogP contribution in [0.5, 0.6) is 0 Å². The molecule has 96 valence electrons. The van der Waals surface area contributed by atoms with Gasteiger partial charge in [0.15, 0.2) is 0 Å². The molecule has 0 fully saturated rings. The monoisotopic (exact) mass is 252 g/mol. The number of benzene rings is 1. The second-order valence-corrected chi connectivity index (χ2v) is 4.41. The third-order valence-electron chi connectivity index (χ3n) is 2.82. The first kappa shape index (κ1) is 12.5. The van der Waals surface area contributed by atoms with Crippen molar-refractivity contribution in [3.8, 4) is 0 Å². The number of aromatic nitrogens is 2. The molecule has 3 nitrogen and oxygen atoms in total. The summed E-state index contributed by atoms with van der Waals surface area (Å²) in [5.41, 5.74) is -0.367. The Bertz CT molecular complexity index is 593. The van der Waals surface area contributed by atoms with E-state index in [0.29, 0.717) is 0 Å². The standard InChI is InChI=1S/C13H14F2N2O/c1-9(2)17-7-6-16(13(17)18)8-10-11(14)4-3-5-12(10)15/h3-7,9H,8H2,1-2H3. The molecule has 0 saturated heterocycles. The van der Waals surface area contributed by atoms with E-state index in [-0.39, 0.29) is 23.8 Å². The maximum atomic E-state index is 13.5. The van der Waals surface area contributed by atoms with Crippen LogP contribution in [0.2, 0.25) is 0 Å². The zero-order valence-corrected chi connectivity index (χ0v) is 10.2. The van der Waals surface area contributed by atoms with E-state index in [1.807, 2.05) is 13.8 Å². The lowest BCUT2D eigenvalue weighted by molar-refractivity contribution is 0.528. The van der Waals surface area contributed by atoms with E-state index in [0.717, 1.165) is 0 Å². The van der Waals surface area contributed by atoms with Gasteiger partial charge in [-0.2, -0.15) is 0 Å². The average molecular weight is 252 g/mol. The molecule has 1 heterocycles. The normalized spacial score (nSPS) is 11.2. The van der Waals surface area contributed by atoms with E-state index in [4.69, 9.17) is 0 Å². The molecule has 1 aromatic heterocycles. The second-order valence-electron chi connectivity index (χ2n) is 4.41. The number of hydrogen-bond acceptors (Lipinski definition) is 1. The SMILES string of the molecule is CC(C)n1ccn(Cc2c(F)cccc2F)c1=O. The van der Waals surface area contributed by atoms with Gasteiger partial charge in [-0.1, -0.05) is 6.07 Å². The summed E-state index contributed by atoms with van der Waals surface area (Å²) in [6.07, 6.45) is 3.15. The summed E-state index contributed by atoms with van der Waals surface area (Å²) in [5.74, 6) is -1.28. The van der Waals surface area contributed by atoms with Crippen LogP contribution in [0.3, 0.4) is 0 Å². The van der Waals surface area contributed by atoms with Crippen LogP contribution in [0.15, 0.2) is 35.4 Å². The van der Waals surface area contributed by atoms with Crippen molar-refractivity contribution in [1.82, 2.24) is 9.13 Å². The lowest BCUT2D eigenvalue weighted by atomic mass is 10.2. The lowest BCUT2D eigenvalue weighted by Gasteiger charge is -2.06. The minimum absolute atomic E-state index is 0.0178. The minimum atomic E-state index is -0.640. The summed E-state index contributed by atoms with van der Waals surface area (Å²) in [4.78, 5) is 11.9. The lowest BCUT2D eigenvalue weighted by Crippen LogP contribution is -2.26. The fourth-order valence-electron chi connectivity index (χ4n) is 1.80. The fourth-order valence-corrected chi connectivity index (χ4v) is 1.80. The maximum Gasteiger partial charge on any atom is 0.328 e. The predicted molar refractivity (Wildman–Crippen MR) is 64.5 cm³/mol. The molecule has 1 aromatic carbocycles. The summed E-state index contributed by atoms with van der Waals surface area (Å²) in [5, 5.41) is 0. The van der Waals surface area contributed by atoms with Gasteiger partial charge in [0.1, 0.15) is 11.6 Å². The molecule has 0 aliphatic heterocycles. The Balaban J connectivity index is 2.38. The van der Waals surface area contributed by atoms with E-state index in [9.17, 15) is 13.6 Å². The van der Waals surface area contributed by atoms with Crippen LogP contribution in [0, 0.1) is 11.6 Å². The van der Waals surface area contributed by atoms with Crippen molar-refractivity contribution >= 4 is 0 Å². The van der Waals surface area contributed by atoms with Crippen LogP contribution in [0.4, 0.5) is 8.78 Å². The van der Waals surface area contributed by atoms with Crippen molar-refractivity contribution < 1.29 is 8.78 Å². The van der Waals surface area contributed by atoms with Gasteiger partial charge in [0, 0.05) is 24.0 Å². The van der Waals surface area contributed by atoms with Gasteiger partial charge < -0.3 is 0 Å². The largest absolute Gasteiger partial charge is 0.328 e. The molecule has 18 heavy (non-hydrogen) atoms. The van der Waals surface area contributed by atoms with Gasteiger partial charge in [0.25, 0.3) is 0 Å². The molecule has 2 rings (SSSR count). The van der Waals surface area contributed by atoms with Crippen molar-refractivity contribution in [1.29, 1.82) is 0 Å². The van der Waals surface area contributed by atoms with Crippen LogP contribution in [-0.4, -0.2) is 9.13 Å². The average Bonchev–Trinajstić information content (AvgIpc) is 2.66. The van der Waals surface area contributed by atoms with Crippen LogP contribution in [0.25, 0.3) is 0 Å².